The van der Waals surface area contributed by atoms with Crippen molar-refractivity contribution in [3.8, 4) is 5.75 Å². The van der Waals surface area contributed by atoms with Crippen LogP contribution in [0.2, 0.25) is 0 Å². The fraction of sp³-hybridized carbons (Fsp3) is 0.562. The van der Waals surface area contributed by atoms with Crippen LogP contribution in [0.5, 0.6) is 5.75 Å². The molecule has 0 heterocycles. The molecular formula is C16H24N2O2. The van der Waals surface area contributed by atoms with E-state index in [2.05, 4.69) is 24.5 Å². The number of nitrogens with one attached hydrogen (secondary N) is 2. The number of rotatable bonds is 7. The first-order valence-electron chi connectivity index (χ1n) is 7.41. The topological polar surface area (TPSA) is 50.4 Å². The van der Waals surface area contributed by atoms with Gasteiger partial charge < -0.3 is 15.4 Å². The van der Waals surface area contributed by atoms with Crippen LogP contribution in [0, 0.1) is 0 Å². The van der Waals surface area contributed by atoms with Crippen molar-refractivity contribution < 1.29 is 9.53 Å². The molecule has 1 amide bonds. The van der Waals surface area contributed by atoms with E-state index in [-0.39, 0.29) is 11.9 Å². The van der Waals surface area contributed by atoms with Gasteiger partial charge in [-0.05, 0) is 39.3 Å². The molecule has 2 rings (SSSR count). The van der Waals surface area contributed by atoms with Gasteiger partial charge in [0.1, 0.15) is 5.75 Å². The van der Waals surface area contributed by atoms with E-state index in [1.807, 2.05) is 24.3 Å². The minimum absolute atomic E-state index is 0.0293. The number of benzene rings is 1. The maximum absolute atomic E-state index is 12.0. The number of ether oxygens (including phenoxy) is 1. The van der Waals surface area contributed by atoms with Crippen molar-refractivity contribution in [1.29, 1.82) is 0 Å². The molecular weight excluding hydrogens is 252 g/mol. The summed E-state index contributed by atoms with van der Waals surface area (Å²) in [4.78, 5) is 12.0. The summed E-state index contributed by atoms with van der Waals surface area (Å²) in [6.45, 7) is 6.87. The summed E-state index contributed by atoms with van der Waals surface area (Å²) in [6, 6.07) is 8.45. The van der Waals surface area contributed by atoms with E-state index in [4.69, 9.17) is 4.74 Å². The second-order valence-corrected chi connectivity index (χ2v) is 5.36. The van der Waals surface area contributed by atoms with Crippen LogP contribution >= 0.6 is 0 Å². The largest absolute Gasteiger partial charge is 0.481 e. The van der Waals surface area contributed by atoms with Crippen LogP contribution in [0.1, 0.15) is 45.2 Å². The molecule has 2 atom stereocenters. The summed E-state index contributed by atoms with van der Waals surface area (Å²) >= 11 is 0. The number of carbonyl (C=O) groups is 1. The molecule has 2 N–H and O–H groups in total. The van der Waals surface area contributed by atoms with Crippen LogP contribution in [0.25, 0.3) is 0 Å². The molecule has 1 saturated carbocycles. The molecule has 20 heavy (non-hydrogen) atoms. The third-order valence-electron chi connectivity index (χ3n) is 3.49. The Morgan fingerprint density at radius 1 is 1.35 bits per heavy atom. The third kappa shape index (κ3) is 3.97. The second kappa shape index (κ2) is 6.75. The lowest BCUT2D eigenvalue weighted by molar-refractivity contribution is -0.127. The smallest absolute Gasteiger partial charge is 0.260 e. The zero-order chi connectivity index (χ0) is 14.5. The lowest BCUT2D eigenvalue weighted by atomic mass is 10.1. The summed E-state index contributed by atoms with van der Waals surface area (Å²) in [5.74, 6) is 0.748. The third-order valence-corrected chi connectivity index (χ3v) is 3.49. The SMILES string of the molecule is CCNC(C)c1ccccc1OC(C)C(=O)NC1CC1. The Kier molecular flexibility index (Phi) is 5.01. The molecule has 1 aromatic rings. The zero-order valence-corrected chi connectivity index (χ0v) is 12.5. The first-order chi connectivity index (χ1) is 9.61. The summed E-state index contributed by atoms with van der Waals surface area (Å²) in [5, 5.41) is 6.33. The van der Waals surface area contributed by atoms with E-state index >= 15 is 0 Å². The number of amides is 1. The molecule has 2 unspecified atom stereocenters. The molecule has 0 spiro atoms. The van der Waals surface area contributed by atoms with Crippen LogP contribution in [-0.4, -0.2) is 24.6 Å². The molecule has 0 bridgehead atoms. The highest BCUT2D eigenvalue weighted by molar-refractivity contribution is 5.81. The minimum atomic E-state index is -0.467. The predicted molar refractivity (Wildman–Crippen MR) is 79.8 cm³/mol. The lowest BCUT2D eigenvalue weighted by Crippen LogP contribution is -2.37. The van der Waals surface area contributed by atoms with Gasteiger partial charge in [0.25, 0.3) is 5.91 Å². The van der Waals surface area contributed by atoms with E-state index in [1.54, 1.807) is 6.92 Å². The molecule has 4 heteroatoms. The van der Waals surface area contributed by atoms with Gasteiger partial charge in [0.15, 0.2) is 6.10 Å². The highest BCUT2D eigenvalue weighted by Crippen LogP contribution is 2.26. The van der Waals surface area contributed by atoms with Gasteiger partial charge in [0, 0.05) is 17.6 Å². The molecule has 0 aliphatic heterocycles. The lowest BCUT2D eigenvalue weighted by Gasteiger charge is -2.20. The van der Waals surface area contributed by atoms with Gasteiger partial charge in [-0.25, -0.2) is 0 Å². The molecule has 0 radical (unpaired) electrons. The van der Waals surface area contributed by atoms with E-state index < -0.39 is 6.10 Å². The normalized spacial score (nSPS) is 17.4. The van der Waals surface area contributed by atoms with Gasteiger partial charge in [-0.3, -0.25) is 4.79 Å². The molecule has 1 aromatic carbocycles. The van der Waals surface area contributed by atoms with Crippen molar-refractivity contribution >= 4 is 5.91 Å². The zero-order valence-electron chi connectivity index (χ0n) is 12.5. The maximum Gasteiger partial charge on any atom is 0.260 e. The van der Waals surface area contributed by atoms with Gasteiger partial charge in [-0.15, -0.1) is 0 Å². The minimum Gasteiger partial charge on any atom is -0.481 e. The quantitative estimate of drug-likeness (QED) is 0.804. The number of hydrogen-bond donors (Lipinski definition) is 2. The van der Waals surface area contributed by atoms with E-state index in [0.29, 0.717) is 6.04 Å². The molecule has 1 aliphatic carbocycles. The Morgan fingerprint density at radius 2 is 2.05 bits per heavy atom. The fourth-order valence-corrected chi connectivity index (χ4v) is 2.15. The average Bonchev–Trinajstić information content (AvgIpc) is 3.23. The Balaban J connectivity index is 2.01. The Hall–Kier alpha value is -1.55. The molecule has 0 aromatic heterocycles. The summed E-state index contributed by atoms with van der Waals surface area (Å²) < 4.78 is 5.85. The molecule has 1 aliphatic rings. The Labute approximate surface area is 120 Å². The van der Waals surface area contributed by atoms with Gasteiger partial charge in [-0.1, -0.05) is 25.1 Å². The van der Waals surface area contributed by atoms with E-state index in [0.717, 1.165) is 30.7 Å². The van der Waals surface area contributed by atoms with Crippen LogP contribution in [0.4, 0.5) is 0 Å². The van der Waals surface area contributed by atoms with Gasteiger partial charge in [-0.2, -0.15) is 0 Å². The first-order valence-corrected chi connectivity index (χ1v) is 7.41. The highest BCUT2D eigenvalue weighted by atomic mass is 16.5. The standard InChI is InChI=1S/C16H24N2O2/c1-4-17-11(2)14-7-5-6-8-15(14)20-12(3)16(19)18-13-9-10-13/h5-8,11-13,17H,4,9-10H2,1-3H3,(H,18,19). The van der Waals surface area contributed by atoms with Crippen LogP contribution in [0.15, 0.2) is 24.3 Å². The van der Waals surface area contributed by atoms with Crippen molar-refractivity contribution in [2.24, 2.45) is 0 Å². The van der Waals surface area contributed by atoms with Crippen molar-refractivity contribution in [1.82, 2.24) is 10.6 Å². The van der Waals surface area contributed by atoms with Crippen LogP contribution in [-0.2, 0) is 4.79 Å². The van der Waals surface area contributed by atoms with Crippen molar-refractivity contribution in [2.75, 3.05) is 6.54 Å². The van der Waals surface area contributed by atoms with Crippen LogP contribution < -0.4 is 15.4 Å². The number of hydrogen-bond acceptors (Lipinski definition) is 3. The second-order valence-electron chi connectivity index (χ2n) is 5.36. The number of carbonyl (C=O) groups excluding carboxylic acids is 1. The van der Waals surface area contributed by atoms with E-state index in [1.165, 1.54) is 0 Å². The maximum atomic E-state index is 12.0. The Morgan fingerprint density at radius 3 is 2.70 bits per heavy atom. The molecule has 1 fully saturated rings. The van der Waals surface area contributed by atoms with Gasteiger partial charge in [0.2, 0.25) is 0 Å². The molecule has 0 saturated heterocycles. The summed E-state index contributed by atoms with van der Waals surface area (Å²) in [5.41, 5.74) is 1.08. The van der Waals surface area contributed by atoms with Crippen molar-refractivity contribution in [3.05, 3.63) is 29.8 Å². The average molecular weight is 276 g/mol. The summed E-state index contributed by atoms with van der Waals surface area (Å²) in [7, 11) is 0. The molecule has 110 valence electrons. The van der Waals surface area contributed by atoms with Crippen LogP contribution in [0.3, 0.4) is 0 Å². The fourth-order valence-electron chi connectivity index (χ4n) is 2.15. The monoisotopic (exact) mass is 276 g/mol. The first kappa shape index (κ1) is 14.9. The number of para-hydroxylation sites is 1. The van der Waals surface area contributed by atoms with Gasteiger partial charge in [0.05, 0.1) is 0 Å². The Bertz CT molecular complexity index is 458. The van der Waals surface area contributed by atoms with Crippen molar-refractivity contribution in [2.45, 2.75) is 51.8 Å². The predicted octanol–water partition coefficient (Wildman–Crippen LogP) is 2.40. The van der Waals surface area contributed by atoms with Gasteiger partial charge >= 0.3 is 0 Å². The molecule has 4 nitrogen and oxygen atoms in total. The van der Waals surface area contributed by atoms with Crippen molar-refractivity contribution in [3.63, 3.8) is 0 Å². The van der Waals surface area contributed by atoms with E-state index in [9.17, 15) is 4.79 Å². The highest BCUT2D eigenvalue weighted by Gasteiger charge is 2.26. The summed E-state index contributed by atoms with van der Waals surface area (Å²) in [6.07, 6.45) is 1.71.